The number of hydrogen-bond acceptors (Lipinski definition) is 5. The van der Waals surface area contributed by atoms with Gasteiger partial charge in [-0.3, -0.25) is 4.68 Å². The second-order valence-electron chi connectivity index (χ2n) is 3.96. The predicted molar refractivity (Wildman–Crippen MR) is 70.0 cm³/mol. The Morgan fingerprint density at radius 1 is 1.50 bits per heavy atom. The van der Waals surface area contributed by atoms with Crippen molar-refractivity contribution in [2.45, 2.75) is 26.3 Å². The second kappa shape index (κ2) is 6.10. The van der Waals surface area contributed by atoms with E-state index in [0.29, 0.717) is 0 Å². The van der Waals surface area contributed by atoms with Gasteiger partial charge in [-0.25, -0.2) is 0 Å². The number of halogens is 1. The third-order valence-electron chi connectivity index (χ3n) is 2.73. The van der Waals surface area contributed by atoms with Crippen LogP contribution in [0, 0.1) is 0 Å². The van der Waals surface area contributed by atoms with Gasteiger partial charge in [-0.05, 0) is 22.4 Å². The largest absolute Gasteiger partial charge is 0.343 e. The monoisotopic (exact) mass is 313 g/mol. The molecule has 0 fully saturated rings. The van der Waals surface area contributed by atoms with Gasteiger partial charge in [0.05, 0.1) is 15.9 Å². The minimum Gasteiger partial charge on any atom is -0.343 e. The molecule has 0 aliphatic heterocycles. The molecule has 0 radical (unpaired) electrons. The first-order chi connectivity index (χ1) is 8.72. The predicted octanol–water partition coefficient (Wildman–Crippen LogP) is 1.46. The lowest BCUT2D eigenvalue weighted by atomic mass is 10.3. The Morgan fingerprint density at radius 2 is 2.33 bits per heavy atom. The van der Waals surface area contributed by atoms with Crippen LogP contribution in [-0.4, -0.2) is 26.5 Å². The number of rotatable bonds is 6. The van der Waals surface area contributed by atoms with E-state index in [0.717, 1.165) is 47.6 Å². The van der Waals surface area contributed by atoms with E-state index in [-0.39, 0.29) is 0 Å². The molecule has 0 aliphatic rings. The fourth-order valence-corrected chi connectivity index (χ4v) is 2.48. The standard InChI is InChI=1S/C11H16BrN5O/c1-3-8-11(12)9(17(2)15-8)6-13-5-4-10-14-7-18-16-10/h7,13H,3-6H2,1-2H3. The van der Waals surface area contributed by atoms with E-state index in [2.05, 4.69) is 47.9 Å². The van der Waals surface area contributed by atoms with Crippen LogP contribution in [0.5, 0.6) is 0 Å². The first-order valence-electron chi connectivity index (χ1n) is 5.88. The molecule has 0 atom stereocenters. The SMILES string of the molecule is CCc1nn(C)c(CNCCc2ncon2)c1Br. The third kappa shape index (κ3) is 2.97. The second-order valence-corrected chi connectivity index (χ2v) is 4.75. The summed E-state index contributed by atoms with van der Waals surface area (Å²) in [5.41, 5.74) is 2.24. The lowest BCUT2D eigenvalue weighted by Gasteiger charge is -2.04. The highest BCUT2D eigenvalue weighted by Crippen LogP contribution is 2.21. The van der Waals surface area contributed by atoms with Crippen LogP contribution < -0.4 is 5.32 Å². The van der Waals surface area contributed by atoms with Crippen LogP contribution in [0.25, 0.3) is 0 Å². The van der Waals surface area contributed by atoms with Gasteiger partial charge in [-0.15, -0.1) is 0 Å². The minimum atomic E-state index is 0.723. The van der Waals surface area contributed by atoms with Crippen LogP contribution in [0.15, 0.2) is 15.4 Å². The topological polar surface area (TPSA) is 68.8 Å². The lowest BCUT2D eigenvalue weighted by Crippen LogP contribution is -2.19. The smallest absolute Gasteiger partial charge is 0.213 e. The van der Waals surface area contributed by atoms with Crippen LogP contribution in [0.1, 0.15) is 24.1 Å². The van der Waals surface area contributed by atoms with Gasteiger partial charge in [0, 0.05) is 26.6 Å². The maximum atomic E-state index is 4.68. The number of aryl methyl sites for hydroxylation is 2. The molecule has 0 amide bonds. The molecule has 2 rings (SSSR count). The Hall–Kier alpha value is -1.21. The van der Waals surface area contributed by atoms with Gasteiger partial charge in [0.15, 0.2) is 5.82 Å². The molecule has 2 aromatic heterocycles. The first kappa shape index (κ1) is 13.2. The van der Waals surface area contributed by atoms with E-state index in [1.165, 1.54) is 6.39 Å². The Bertz CT molecular complexity index is 494. The van der Waals surface area contributed by atoms with Crippen LogP contribution in [0.4, 0.5) is 0 Å². The molecule has 1 N–H and O–H groups in total. The highest BCUT2D eigenvalue weighted by atomic mass is 79.9. The Labute approximate surface area is 114 Å². The van der Waals surface area contributed by atoms with Crippen LogP contribution in [0.3, 0.4) is 0 Å². The normalized spacial score (nSPS) is 11.1. The molecule has 6 nitrogen and oxygen atoms in total. The molecular weight excluding hydrogens is 298 g/mol. The van der Waals surface area contributed by atoms with Crippen LogP contribution in [0.2, 0.25) is 0 Å². The molecule has 0 saturated carbocycles. The number of aromatic nitrogens is 4. The zero-order chi connectivity index (χ0) is 13.0. The van der Waals surface area contributed by atoms with Crippen molar-refractivity contribution in [1.29, 1.82) is 0 Å². The fraction of sp³-hybridized carbons (Fsp3) is 0.545. The average molecular weight is 314 g/mol. The summed E-state index contributed by atoms with van der Waals surface area (Å²) in [5.74, 6) is 0.723. The van der Waals surface area contributed by atoms with E-state index in [9.17, 15) is 0 Å². The summed E-state index contributed by atoms with van der Waals surface area (Å²) in [6, 6.07) is 0. The van der Waals surface area contributed by atoms with E-state index in [1.54, 1.807) is 0 Å². The van der Waals surface area contributed by atoms with Gasteiger partial charge in [-0.2, -0.15) is 10.1 Å². The van der Waals surface area contributed by atoms with Crippen molar-refractivity contribution in [3.05, 3.63) is 28.1 Å². The van der Waals surface area contributed by atoms with Crippen molar-refractivity contribution in [2.24, 2.45) is 7.05 Å². The van der Waals surface area contributed by atoms with Crippen molar-refractivity contribution < 1.29 is 4.52 Å². The number of hydrogen-bond donors (Lipinski definition) is 1. The number of nitrogens with zero attached hydrogens (tertiary/aromatic N) is 4. The zero-order valence-corrected chi connectivity index (χ0v) is 12.1. The summed E-state index contributed by atoms with van der Waals surface area (Å²) in [5, 5.41) is 11.6. The molecule has 0 bridgehead atoms. The quantitative estimate of drug-likeness (QED) is 0.818. The lowest BCUT2D eigenvalue weighted by molar-refractivity contribution is 0.409. The van der Waals surface area contributed by atoms with E-state index < -0.39 is 0 Å². The molecule has 98 valence electrons. The maximum absolute atomic E-state index is 4.68. The van der Waals surface area contributed by atoms with Gasteiger partial charge < -0.3 is 9.84 Å². The Balaban J connectivity index is 1.85. The average Bonchev–Trinajstić information content (AvgIpc) is 2.96. The van der Waals surface area contributed by atoms with E-state index in [4.69, 9.17) is 0 Å². The molecule has 0 spiro atoms. The molecule has 7 heteroatoms. The summed E-state index contributed by atoms with van der Waals surface area (Å²) >= 11 is 3.59. The van der Waals surface area contributed by atoms with Gasteiger partial charge in [-0.1, -0.05) is 12.1 Å². The van der Waals surface area contributed by atoms with Gasteiger partial charge in [0.25, 0.3) is 0 Å². The number of nitrogens with one attached hydrogen (secondary N) is 1. The van der Waals surface area contributed by atoms with Crippen molar-refractivity contribution in [3.8, 4) is 0 Å². The van der Waals surface area contributed by atoms with Crippen LogP contribution in [-0.2, 0) is 26.4 Å². The van der Waals surface area contributed by atoms with Crippen molar-refractivity contribution in [1.82, 2.24) is 25.2 Å². The van der Waals surface area contributed by atoms with Gasteiger partial charge in [0.2, 0.25) is 6.39 Å². The Morgan fingerprint density at radius 3 is 2.94 bits per heavy atom. The third-order valence-corrected chi connectivity index (χ3v) is 3.64. The molecule has 2 heterocycles. The summed E-state index contributed by atoms with van der Waals surface area (Å²) in [4.78, 5) is 3.97. The molecule has 0 saturated heterocycles. The van der Waals surface area contributed by atoms with Crippen molar-refractivity contribution >= 4 is 15.9 Å². The van der Waals surface area contributed by atoms with Gasteiger partial charge >= 0.3 is 0 Å². The summed E-state index contributed by atoms with van der Waals surface area (Å²) in [6.45, 7) is 3.67. The molecule has 0 aliphatic carbocycles. The molecule has 18 heavy (non-hydrogen) atoms. The molecule has 0 aromatic carbocycles. The summed E-state index contributed by atoms with van der Waals surface area (Å²) in [7, 11) is 1.96. The maximum Gasteiger partial charge on any atom is 0.213 e. The van der Waals surface area contributed by atoms with Crippen molar-refractivity contribution in [2.75, 3.05) is 6.54 Å². The first-order valence-corrected chi connectivity index (χ1v) is 6.67. The molecular formula is C11H16BrN5O. The Kier molecular flexibility index (Phi) is 4.48. The van der Waals surface area contributed by atoms with Crippen molar-refractivity contribution in [3.63, 3.8) is 0 Å². The highest BCUT2D eigenvalue weighted by molar-refractivity contribution is 9.10. The molecule has 0 unspecified atom stereocenters. The zero-order valence-electron chi connectivity index (χ0n) is 10.5. The fourth-order valence-electron chi connectivity index (χ4n) is 1.72. The summed E-state index contributed by atoms with van der Waals surface area (Å²) in [6.07, 6.45) is 3.03. The van der Waals surface area contributed by atoms with Gasteiger partial charge in [0.1, 0.15) is 0 Å². The van der Waals surface area contributed by atoms with E-state index in [1.807, 2.05) is 11.7 Å². The van der Waals surface area contributed by atoms with Crippen LogP contribution >= 0.6 is 15.9 Å². The molecule has 2 aromatic rings. The minimum absolute atomic E-state index is 0.723. The van der Waals surface area contributed by atoms with E-state index >= 15 is 0 Å². The summed E-state index contributed by atoms with van der Waals surface area (Å²) < 4.78 is 7.68. The highest BCUT2D eigenvalue weighted by Gasteiger charge is 2.11.